The minimum atomic E-state index is -2.93. The summed E-state index contributed by atoms with van der Waals surface area (Å²) in [4.78, 5) is 14.3. The van der Waals surface area contributed by atoms with Gasteiger partial charge >= 0.3 is 6.61 Å². The van der Waals surface area contributed by atoms with Gasteiger partial charge in [-0.3, -0.25) is 4.79 Å². The highest BCUT2D eigenvalue weighted by atomic mass is 19.3. The van der Waals surface area contributed by atoms with E-state index in [1.807, 2.05) is 41.2 Å². The summed E-state index contributed by atoms with van der Waals surface area (Å²) >= 11 is 0. The first-order valence-corrected chi connectivity index (χ1v) is 9.17. The topological polar surface area (TPSA) is 43.7 Å². The second-order valence-corrected chi connectivity index (χ2v) is 6.39. The number of rotatable bonds is 8. The highest BCUT2D eigenvalue weighted by Crippen LogP contribution is 2.30. The Morgan fingerprint density at radius 3 is 2.38 bits per heavy atom. The average Bonchev–Trinajstić information content (AvgIpc) is 3.24. The number of carbonyl (C=O) groups excluding carboxylic acids is 1. The summed E-state index contributed by atoms with van der Waals surface area (Å²) in [5.41, 5.74) is 2.27. The fourth-order valence-electron chi connectivity index (χ4n) is 2.96. The number of hydrogen-bond acceptors (Lipinski definition) is 3. The summed E-state index contributed by atoms with van der Waals surface area (Å²) in [5.74, 6) is 0.0531. The number of amides is 1. The third-order valence-electron chi connectivity index (χ3n) is 4.31. The van der Waals surface area contributed by atoms with Gasteiger partial charge in [-0.2, -0.15) is 8.78 Å². The maximum Gasteiger partial charge on any atom is 0.387 e. The third kappa shape index (κ3) is 5.13. The Bertz CT molecular complexity index is 941. The first kappa shape index (κ1) is 20.4. The van der Waals surface area contributed by atoms with Gasteiger partial charge in [-0.05, 0) is 61.0 Å². The lowest BCUT2D eigenvalue weighted by atomic mass is 10.1. The molecule has 0 N–H and O–H groups in total. The maximum atomic E-state index is 12.7. The fraction of sp³-hybridized carbons (Fsp3) is 0.227. The van der Waals surface area contributed by atoms with Gasteiger partial charge in [-0.15, -0.1) is 0 Å². The molecule has 0 aliphatic heterocycles. The van der Waals surface area contributed by atoms with Gasteiger partial charge < -0.3 is 18.9 Å². The SMILES string of the molecule is CCOc1cc(CN(C)C(=O)c2ccc(-n3cccc3)cc2)ccc1OC(F)F. The van der Waals surface area contributed by atoms with Crippen LogP contribution >= 0.6 is 0 Å². The molecule has 2 aromatic carbocycles. The molecule has 0 aliphatic carbocycles. The van der Waals surface area contributed by atoms with Crippen molar-refractivity contribution in [2.24, 2.45) is 0 Å². The van der Waals surface area contributed by atoms with E-state index in [1.165, 1.54) is 6.07 Å². The smallest absolute Gasteiger partial charge is 0.387 e. The minimum absolute atomic E-state index is 0.0276. The Balaban J connectivity index is 1.71. The van der Waals surface area contributed by atoms with E-state index < -0.39 is 6.61 Å². The van der Waals surface area contributed by atoms with Crippen molar-refractivity contribution in [2.45, 2.75) is 20.1 Å². The van der Waals surface area contributed by atoms with Crippen LogP contribution in [0.1, 0.15) is 22.8 Å². The van der Waals surface area contributed by atoms with Crippen LogP contribution in [0.2, 0.25) is 0 Å². The lowest BCUT2D eigenvalue weighted by Gasteiger charge is -2.19. The van der Waals surface area contributed by atoms with Crippen LogP contribution in [-0.4, -0.2) is 35.6 Å². The van der Waals surface area contributed by atoms with Gasteiger partial charge in [-0.25, -0.2) is 0 Å². The number of nitrogens with zero attached hydrogens (tertiary/aromatic N) is 2. The molecule has 7 heteroatoms. The van der Waals surface area contributed by atoms with E-state index in [9.17, 15) is 13.6 Å². The van der Waals surface area contributed by atoms with Crippen LogP contribution in [0.15, 0.2) is 67.0 Å². The zero-order chi connectivity index (χ0) is 20.8. The lowest BCUT2D eigenvalue weighted by Crippen LogP contribution is -2.26. The van der Waals surface area contributed by atoms with Gasteiger partial charge in [0.25, 0.3) is 5.91 Å². The number of hydrogen-bond donors (Lipinski definition) is 0. The van der Waals surface area contributed by atoms with Gasteiger partial charge in [-0.1, -0.05) is 6.07 Å². The number of benzene rings is 2. The molecule has 0 aliphatic rings. The van der Waals surface area contributed by atoms with Crippen molar-refractivity contribution in [1.29, 1.82) is 0 Å². The van der Waals surface area contributed by atoms with Gasteiger partial charge in [0.05, 0.1) is 6.61 Å². The van der Waals surface area contributed by atoms with E-state index in [0.717, 1.165) is 11.3 Å². The molecule has 0 saturated heterocycles. The van der Waals surface area contributed by atoms with Crippen molar-refractivity contribution in [3.8, 4) is 17.2 Å². The first-order chi connectivity index (χ1) is 14.0. The van der Waals surface area contributed by atoms with Gasteiger partial charge in [0, 0.05) is 37.2 Å². The Morgan fingerprint density at radius 2 is 1.76 bits per heavy atom. The standard InChI is InChI=1S/C22H22F2N2O3/c1-3-28-20-14-16(6-11-19(20)29-22(23)24)15-25(2)21(27)17-7-9-18(10-8-17)26-12-4-5-13-26/h4-14,22H,3,15H2,1-2H3. The van der Waals surface area contributed by atoms with Crippen molar-refractivity contribution >= 4 is 5.91 Å². The predicted molar refractivity (Wildman–Crippen MR) is 106 cm³/mol. The number of carbonyl (C=O) groups is 1. The summed E-state index contributed by atoms with van der Waals surface area (Å²) in [6.07, 6.45) is 3.86. The zero-order valence-electron chi connectivity index (χ0n) is 16.2. The van der Waals surface area contributed by atoms with E-state index in [2.05, 4.69) is 4.74 Å². The maximum absolute atomic E-state index is 12.7. The van der Waals surface area contributed by atoms with Crippen molar-refractivity contribution < 1.29 is 23.0 Å². The largest absolute Gasteiger partial charge is 0.490 e. The number of aromatic nitrogens is 1. The zero-order valence-corrected chi connectivity index (χ0v) is 16.2. The Hall–Kier alpha value is -3.35. The number of alkyl halides is 2. The average molecular weight is 400 g/mol. The molecule has 0 fully saturated rings. The van der Waals surface area contributed by atoms with Gasteiger partial charge in [0.2, 0.25) is 0 Å². The summed E-state index contributed by atoms with van der Waals surface area (Å²) in [5, 5.41) is 0. The van der Waals surface area contributed by atoms with Gasteiger partial charge in [0.1, 0.15) is 0 Å². The van der Waals surface area contributed by atoms with E-state index in [4.69, 9.17) is 4.74 Å². The van der Waals surface area contributed by atoms with Crippen LogP contribution in [0.5, 0.6) is 11.5 Å². The van der Waals surface area contributed by atoms with Crippen LogP contribution in [0.25, 0.3) is 5.69 Å². The van der Waals surface area contributed by atoms with Crippen molar-refractivity contribution in [2.75, 3.05) is 13.7 Å². The molecule has 0 saturated carbocycles. The molecule has 3 rings (SSSR count). The van der Waals surface area contributed by atoms with Crippen molar-refractivity contribution in [1.82, 2.24) is 9.47 Å². The molecule has 1 aromatic heterocycles. The molecule has 0 spiro atoms. The Labute approximate surface area is 168 Å². The van der Waals surface area contributed by atoms with Crippen LogP contribution in [0, 0.1) is 0 Å². The van der Waals surface area contributed by atoms with E-state index in [1.54, 1.807) is 43.1 Å². The second-order valence-electron chi connectivity index (χ2n) is 6.39. The molecule has 0 radical (unpaired) electrons. The highest BCUT2D eigenvalue weighted by molar-refractivity contribution is 5.94. The third-order valence-corrected chi connectivity index (χ3v) is 4.31. The second kappa shape index (κ2) is 9.23. The number of halogens is 2. The van der Waals surface area contributed by atoms with Crippen molar-refractivity contribution in [3.05, 3.63) is 78.1 Å². The van der Waals surface area contributed by atoms with Gasteiger partial charge in [0.15, 0.2) is 11.5 Å². The normalized spacial score (nSPS) is 10.8. The molecule has 152 valence electrons. The molecule has 0 bridgehead atoms. The van der Waals surface area contributed by atoms with E-state index >= 15 is 0 Å². The van der Waals surface area contributed by atoms with E-state index in [-0.39, 0.29) is 17.4 Å². The highest BCUT2D eigenvalue weighted by Gasteiger charge is 2.15. The fourth-order valence-corrected chi connectivity index (χ4v) is 2.96. The minimum Gasteiger partial charge on any atom is -0.490 e. The molecule has 0 atom stereocenters. The molecule has 3 aromatic rings. The molecule has 0 unspecified atom stereocenters. The Morgan fingerprint density at radius 1 is 1.07 bits per heavy atom. The number of ether oxygens (including phenoxy) is 2. The van der Waals surface area contributed by atoms with Crippen LogP contribution in [0.3, 0.4) is 0 Å². The van der Waals surface area contributed by atoms with E-state index in [0.29, 0.717) is 18.7 Å². The van der Waals surface area contributed by atoms with Crippen LogP contribution < -0.4 is 9.47 Å². The quantitative estimate of drug-likeness (QED) is 0.548. The summed E-state index contributed by atoms with van der Waals surface area (Å²) in [6, 6.07) is 15.9. The lowest BCUT2D eigenvalue weighted by molar-refractivity contribution is -0.0514. The summed E-state index contributed by atoms with van der Waals surface area (Å²) in [7, 11) is 1.69. The van der Waals surface area contributed by atoms with Crippen LogP contribution in [-0.2, 0) is 6.54 Å². The Kier molecular flexibility index (Phi) is 6.49. The summed E-state index contributed by atoms with van der Waals surface area (Å²) in [6.45, 7) is -0.566. The van der Waals surface area contributed by atoms with Crippen LogP contribution in [0.4, 0.5) is 8.78 Å². The first-order valence-electron chi connectivity index (χ1n) is 9.17. The summed E-state index contributed by atoms with van der Waals surface area (Å²) < 4.78 is 36.9. The molecule has 1 heterocycles. The molecule has 29 heavy (non-hydrogen) atoms. The molecule has 1 amide bonds. The molecule has 5 nitrogen and oxygen atoms in total. The monoisotopic (exact) mass is 400 g/mol. The predicted octanol–water partition coefficient (Wildman–Crippen LogP) is 4.75. The molecular weight excluding hydrogens is 378 g/mol. The van der Waals surface area contributed by atoms with Crippen molar-refractivity contribution in [3.63, 3.8) is 0 Å². The molecular formula is C22H22F2N2O3.